The first kappa shape index (κ1) is 12.6. The fourth-order valence-corrected chi connectivity index (χ4v) is 3.67. The number of nitrogens with zero attached hydrogens (tertiary/aromatic N) is 1. The van der Waals surface area contributed by atoms with Gasteiger partial charge < -0.3 is 10.2 Å². The van der Waals surface area contributed by atoms with E-state index in [-0.39, 0.29) is 5.82 Å². The predicted molar refractivity (Wildman–Crippen MR) is 73.9 cm³/mol. The third-order valence-electron chi connectivity index (χ3n) is 4.15. The van der Waals surface area contributed by atoms with Crippen LogP contribution < -0.4 is 5.32 Å². The zero-order valence-electron chi connectivity index (χ0n) is 10.3. The van der Waals surface area contributed by atoms with Gasteiger partial charge in [-0.25, -0.2) is 4.39 Å². The van der Waals surface area contributed by atoms with Crippen molar-refractivity contribution in [1.29, 1.82) is 0 Å². The van der Waals surface area contributed by atoms with Gasteiger partial charge >= 0.3 is 0 Å². The highest BCUT2D eigenvalue weighted by atomic mass is 79.9. The molecule has 0 spiro atoms. The molecule has 3 aliphatic heterocycles. The molecule has 1 unspecified atom stereocenters. The van der Waals surface area contributed by atoms with Crippen LogP contribution in [0.2, 0.25) is 0 Å². The van der Waals surface area contributed by atoms with Gasteiger partial charge in [0.15, 0.2) is 0 Å². The second kappa shape index (κ2) is 5.27. The number of halogens is 2. The highest BCUT2D eigenvalue weighted by Crippen LogP contribution is 2.27. The van der Waals surface area contributed by atoms with Gasteiger partial charge in [0.25, 0.3) is 0 Å². The molecule has 98 valence electrons. The van der Waals surface area contributed by atoms with Crippen LogP contribution in [0.5, 0.6) is 0 Å². The molecule has 0 radical (unpaired) electrons. The monoisotopic (exact) mass is 312 g/mol. The lowest BCUT2D eigenvalue weighted by molar-refractivity contribution is 0.0720. The van der Waals surface area contributed by atoms with Crippen molar-refractivity contribution in [3.63, 3.8) is 0 Å². The second-order valence-corrected chi connectivity index (χ2v) is 6.32. The summed E-state index contributed by atoms with van der Waals surface area (Å²) in [6.07, 6.45) is 2.62. The Kier molecular flexibility index (Phi) is 3.68. The molecule has 0 saturated carbocycles. The standard InChI is InChI=1S/C14H18BrFN2/c15-12-5-10(6-13(16)7-12)8-17-14-9-18-3-1-11(14)2-4-18/h5-7,11,14,17H,1-4,8-9H2. The number of piperidine rings is 3. The normalized spacial score (nSPS) is 30.7. The van der Waals surface area contributed by atoms with E-state index in [0.717, 1.165) is 29.0 Å². The van der Waals surface area contributed by atoms with Crippen LogP contribution in [0.3, 0.4) is 0 Å². The minimum absolute atomic E-state index is 0.171. The topological polar surface area (TPSA) is 15.3 Å². The summed E-state index contributed by atoms with van der Waals surface area (Å²) >= 11 is 3.34. The maximum Gasteiger partial charge on any atom is 0.124 e. The summed E-state index contributed by atoms with van der Waals surface area (Å²) < 4.78 is 14.1. The summed E-state index contributed by atoms with van der Waals surface area (Å²) in [6, 6.07) is 5.67. The summed E-state index contributed by atoms with van der Waals surface area (Å²) in [6.45, 7) is 4.43. The molecule has 0 aliphatic carbocycles. The molecule has 4 rings (SSSR count). The highest BCUT2D eigenvalue weighted by Gasteiger charge is 2.33. The lowest BCUT2D eigenvalue weighted by Crippen LogP contribution is -2.55. The lowest BCUT2D eigenvalue weighted by Gasteiger charge is -2.45. The number of hydrogen-bond acceptors (Lipinski definition) is 2. The minimum atomic E-state index is -0.171. The molecule has 2 bridgehead atoms. The van der Waals surface area contributed by atoms with Crippen molar-refractivity contribution in [2.75, 3.05) is 19.6 Å². The molecule has 1 atom stereocenters. The minimum Gasteiger partial charge on any atom is -0.308 e. The van der Waals surface area contributed by atoms with Crippen molar-refractivity contribution in [2.24, 2.45) is 5.92 Å². The molecule has 3 fully saturated rings. The average Bonchev–Trinajstić information content (AvgIpc) is 2.37. The summed E-state index contributed by atoms with van der Waals surface area (Å²) in [7, 11) is 0. The quantitative estimate of drug-likeness (QED) is 0.923. The Morgan fingerprint density at radius 2 is 2.06 bits per heavy atom. The average molecular weight is 313 g/mol. The molecular weight excluding hydrogens is 295 g/mol. The van der Waals surface area contributed by atoms with Crippen LogP contribution >= 0.6 is 15.9 Å². The number of benzene rings is 1. The molecule has 0 amide bonds. The first-order valence-electron chi connectivity index (χ1n) is 6.61. The van der Waals surface area contributed by atoms with Crippen LogP contribution in [0.1, 0.15) is 18.4 Å². The van der Waals surface area contributed by atoms with Crippen molar-refractivity contribution in [3.05, 3.63) is 34.1 Å². The molecule has 3 aliphatic rings. The van der Waals surface area contributed by atoms with Crippen LogP contribution in [0.25, 0.3) is 0 Å². The molecule has 2 nitrogen and oxygen atoms in total. The van der Waals surface area contributed by atoms with Gasteiger partial charge in [0.05, 0.1) is 0 Å². The Morgan fingerprint density at radius 1 is 1.28 bits per heavy atom. The van der Waals surface area contributed by atoms with Crippen LogP contribution in [-0.2, 0) is 6.54 Å². The fourth-order valence-electron chi connectivity index (χ4n) is 3.16. The van der Waals surface area contributed by atoms with Crippen LogP contribution in [-0.4, -0.2) is 30.6 Å². The number of rotatable bonds is 3. The summed E-state index contributed by atoms with van der Waals surface area (Å²) in [5.41, 5.74) is 1.01. The molecule has 1 N–H and O–H groups in total. The van der Waals surface area contributed by atoms with Gasteiger partial charge in [0, 0.05) is 23.6 Å². The summed E-state index contributed by atoms with van der Waals surface area (Å²) in [5.74, 6) is 0.641. The Morgan fingerprint density at radius 3 is 2.67 bits per heavy atom. The Hall–Kier alpha value is -0.450. The van der Waals surface area contributed by atoms with E-state index in [1.807, 2.05) is 6.07 Å². The molecule has 0 aromatic heterocycles. The summed E-state index contributed by atoms with van der Waals surface area (Å²) in [5, 5.41) is 3.59. The Balaban J connectivity index is 1.61. The predicted octanol–water partition coefficient (Wildman–Crippen LogP) is 2.77. The van der Waals surface area contributed by atoms with Crippen molar-refractivity contribution in [1.82, 2.24) is 10.2 Å². The zero-order chi connectivity index (χ0) is 12.5. The van der Waals surface area contributed by atoms with E-state index in [4.69, 9.17) is 0 Å². The van der Waals surface area contributed by atoms with E-state index in [1.54, 1.807) is 6.07 Å². The van der Waals surface area contributed by atoms with E-state index in [0.29, 0.717) is 6.04 Å². The number of nitrogens with one attached hydrogen (secondary N) is 1. The number of hydrogen-bond donors (Lipinski definition) is 1. The Bertz CT molecular complexity index is 410. The van der Waals surface area contributed by atoms with E-state index >= 15 is 0 Å². The second-order valence-electron chi connectivity index (χ2n) is 5.40. The maximum atomic E-state index is 13.3. The molecule has 18 heavy (non-hydrogen) atoms. The van der Waals surface area contributed by atoms with Crippen molar-refractivity contribution < 1.29 is 4.39 Å². The smallest absolute Gasteiger partial charge is 0.124 e. The first-order valence-corrected chi connectivity index (χ1v) is 7.41. The van der Waals surface area contributed by atoms with E-state index in [9.17, 15) is 4.39 Å². The van der Waals surface area contributed by atoms with Crippen molar-refractivity contribution in [2.45, 2.75) is 25.4 Å². The first-order chi connectivity index (χ1) is 8.70. The van der Waals surface area contributed by atoms with E-state index in [1.165, 1.54) is 32.0 Å². The summed E-state index contributed by atoms with van der Waals surface area (Å²) in [4.78, 5) is 2.53. The Labute approximate surface area is 116 Å². The van der Waals surface area contributed by atoms with Crippen LogP contribution in [0.15, 0.2) is 22.7 Å². The number of fused-ring (bicyclic) bond motifs is 3. The lowest BCUT2D eigenvalue weighted by atomic mass is 9.84. The van der Waals surface area contributed by atoms with Gasteiger partial charge in [-0.05, 0) is 55.6 Å². The SMILES string of the molecule is Fc1cc(Br)cc(CNC2CN3CCC2CC3)c1. The molecule has 3 saturated heterocycles. The molecule has 1 aromatic rings. The van der Waals surface area contributed by atoms with Gasteiger partial charge in [-0.3, -0.25) is 0 Å². The molecule has 4 heteroatoms. The fraction of sp³-hybridized carbons (Fsp3) is 0.571. The van der Waals surface area contributed by atoms with Gasteiger partial charge in [0.1, 0.15) is 5.82 Å². The maximum absolute atomic E-state index is 13.3. The van der Waals surface area contributed by atoms with E-state index < -0.39 is 0 Å². The molecular formula is C14H18BrFN2. The van der Waals surface area contributed by atoms with Crippen LogP contribution in [0.4, 0.5) is 4.39 Å². The van der Waals surface area contributed by atoms with E-state index in [2.05, 4.69) is 26.1 Å². The largest absolute Gasteiger partial charge is 0.308 e. The third kappa shape index (κ3) is 2.76. The van der Waals surface area contributed by atoms with Crippen LogP contribution in [0, 0.1) is 11.7 Å². The van der Waals surface area contributed by atoms with Gasteiger partial charge in [0.2, 0.25) is 0 Å². The van der Waals surface area contributed by atoms with Gasteiger partial charge in [-0.15, -0.1) is 0 Å². The molecule has 1 aromatic carbocycles. The molecule has 3 heterocycles. The third-order valence-corrected chi connectivity index (χ3v) is 4.60. The highest BCUT2D eigenvalue weighted by molar-refractivity contribution is 9.10. The van der Waals surface area contributed by atoms with Gasteiger partial charge in [-0.2, -0.15) is 0 Å². The van der Waals surface area contributed by atoms with Gasteiger partial charge in [-0.1, -0.05) is 15.9 Å². The van der Waals surface area contributed by atoms with Crippen molar-refractivity contribution >= 4 is 15.9 Å². The van der Waals surface area contributed by atoms with Crippen molar-refractivity contribution in [3.8, 4) is 0 Å². The zero-order valence-corrected chi connectivity index (χ0v) is 11.9.